The van der Waals surface area contributed by atoms with E-state index in [0.717, 1.165) is 10.9 Å². The molecule has 3 rings (SSSR count). The molecule has 1 saturated heterocycles. The molecule has 0 radical (unpaired) electrons. The molecule has 1 fully saturated rings. The third-order valence-electron chi connectivity index (χ3n) is 4.63. The summed E-state index contributed by atoms with van der Waals surface area (Å²) in [4.78, 5) is 5.26. The van der Waals surface area contributed by atoms with Crippen LogP contribution in [0.15, 0.2) is 35.6 Å². The topological polar surface area (TPSA) is 183 Å². The fraction of sp³-hybridized carbons (Fsp3) is 0.471. The Morgan fingerprint density at radius 1 is 1.25 bits per heavy atom. The molecular weight excluding hydrogens is 495 g/mol. The molecule has 1 aliphatic rings. The summed E-state index contributed by atoms with van der Waals surface area (Å²) in [6.07, 6.45) is -4.39. The van der Waals surface area contributed by atoms with E-state index in [9.17, 15) is 33.4 Å². The molecular formula is C17H21KN2O10S2. The molecule has 0 spiro atoms. The van der Waals surface area contributed by atoms with Crippen molar-refractivity contribution in [3.8, 4) is 0 Å². The predicted octanol–water partition coefficient (Wildman–Crippen LogP) is -4.43. The number of para-hydroxylation sites is 1. The van der Waals surface area contributed by atoms with Gasteiger partial charge in [-0.3, -0.25) is 4.28 Å². The molecule has 1 aromatic carbocycles. The van der Waals surface area contributed by atoms with Crippen molar-refractivity contribution in [1.82, 2.24) is 4.73 Å². The predicted molar refractivity (Wildman–Crippen MR) is 108 cm³/mol. The second-order valence-corrected chi connectivity index (χ2v) is 8.78. The van der Waals surface area contributed by atoms with Gasteiger partial charge in [-0.25, -0.2) is 0 Å². The van der Waals surface area contributed by atoms with E-state index in [1.54, 1.807) is 30.5 Å². The molecule has 172 valence electrons. The van der Waals surface area contributed by atoms with E-state index < -0.39 is 46.9 Å². The van der Waals surface area contributed by atoms with Crippen LogP contribution in [-0.2, 0) is 25.8 Å². The number of aromatic nitrogens is 1. The molecule has 4 N–H and O–H groups in total. The smallest absolute Gasteiger partial charge is 0.714 e. The van der Waals surface area contributed by atoms with Crippen LogP contribution in [0.3, 0.4) is 0 Å². The maximum atomic E-state index is 10.9. The molecule has 1 aliphatic heterocycles. The first kappa shape index (κ1) is 28.0. The SMILES string of the molecule is COn1cc(C/C(=N\OS(=O)(=O)[O-])S[C@@H]2O[C@H](CO)[C@@H](O)[C@H](O)[C@H]2O)c2ccccc21.[K+]. The van der Waals surface area contributed by atoms with Gasteiger partial charge in [0.25, 0.3) is 10.4 Å². The van der Waals surface area contributed by atoms with E-state index in [4.69, 9.17) is 9.57 Å². The van der Waals surface area contributed by atoms with E-state index in [1.165, 1.54) is 11.8 Å². The number of aliphatic hydroxyl groups excluding tert-OH is 4. The number of rotatable bonds is 7. The van der Waals surface area contributed by atoms with Crippen LogP contribution in [0.1, 0.15) is 5.56 Å². The number of benzene rings is 1. The third-order valence-corrected chi connectivity index (χ3v) is 6.00. The second kappa shape index (κ2) is 11.9. The van der Waals surface area contributed by atoms with Gasteiger partial charge in [-0.05, 0) is 11.6 Å². The molecule has 2 heterocycles. The molecule has 5 atom stereocenters. The summed E-state index contributed by atoms with van der Waals surface area (Å²) in [5, 5.41) is 43.5. The van der Waals surface area contributed by atoms with Crippen molar-refractivity contribution >= 4 is 38.1 Å². The number of hydrogen-bond donors (Lipinski definition) is 4. The number of hydrogen-bond acceptors (Lipinski definition) is 12. The van der Waals surface area contributed by atoms with Crippen molar-refractivity contribution in [3.05, 3.63) is 36.0 Å². The Labute approximate surface area is 230 Å². The molecule has 0 aliphatic carbocycles. The molecule has 32 heavy (non-hydrogen) atoms. The number of aliphatic hydroxyl groups is 4. The first-order valence-corrected chi connectivity index (χ1v) is 11.2. The van der Waals surface area contributed by atoms with Crippen molar-refractivity contribution in [2.24, 2.45) is 5.16 Å². The number of thioether (sulfide) groups is 1. The Morgan fingerprint density at radius 2 is 1.94 bits per heavy atom. The summed E-state index contributed by atoms with van der Waals surface area (Å²) in [6.45, 7) is -0.638. The van der Waals surface area contributed by atoms with Crippen LogP contribution in [0.4, 0.5) is 0 Å². The Hall–Kier alpha value is -0.274. The van der Waals surface area contributed by atoms with Gasteiger partial charge in [0.15, 0.2) is 0 Å². The molecule has 0 unspecified atom stereocenters. The standard InChI is InChI=1S/C17H22N2O10S2.K/c1-27-19-7-9(10-4-2-3-5-11(10)19)6-13(18-29-31(24,25)26)30-17-16(23)15(22)14(21)12(8-20)28-17;/h2-5,7,12,14-17,20-23H,6,8H2,1H3,(H,24,25,26);/q;+1/p-1/b18-13+;/t12-,14-,15+,16-,17+;/m1./s1. The Kier molecular flexibility index (Phi) is 10.4. The molecule has 1 aromatic heterocycles. The van der Waals surface area contributed by atoms with Crippen molar-refractivity contribution < 1.29 is 98.6 Å². The molecule has 15 heteroatoms. The van der Waals surface area contributed by atoms with E-state index in [0.29, 0.717) is 17.3 Å². The zero-order chi connectivity index (χ0) is 22.8. The fourth-order valence-electron chi connectivity index (χ4n) is 3.15. The first-order chi connectivity index (χ1) is 14.6. The second-order valence-electron chi connectivity index (χ2n) is 6.64. The van der Waals surface area contributed by atoms with Crippen LogP contribution in [0.25, 0.3) is 10.9 Å². The van der Waals surface area contributed by atoms with Gasteiger partial charge in [0.05, 0.1) is 12.1 Å². The van der Waals surface area contributed by atoms with Crippen molar-refractivity contribution in [2.45, 2.75) is 36.3 Å². The molecule has 0 bridgehead atoms. The van der Waals surface area contributed by atoms with Crippen LogP contribution >= 0.6 is 11.8 Å². The van der Waals surface area contributed by atoms with Gasteiger partial charge < -0.3 is 34.6 Å². The van der Waals surface area contributed by atoms with Gasteiger partial charge in [0, 0.05) is 18.0 Å². The maximum Gasteiger partial charge on any atom is 1.00 e. The normalized spacial score (nSPS) is 26.6. The van der Waals surface area contributed by atoms with Crippen LogP contribution in [0.2, 0.25) is 0 Å². The van der Waals surface area contributed by atoms with Gasteiger partial charge in [0.1, 0.15) is 42.0 Å². The summed E-state index contributed by atoms with van der Waals surface area (Å²) in [5.41, 5.74) is 0.0952. The molecule has 12 nitrogen and oxygen atoms in total. The average molecular weight is 517 g/mol. The monoisotopic (exact) mass is 516 g/mol. The third kappa shape index (κ3) is 6.65. The molecule has 0 saturated carbocycles. The number of ether oxygens (including phenoxy) is 1. The van der Waals surface area contributed by atoms with Crippen molar-refractivity contribution in [1.29, 1.82) is 0 Å². The zero-order valence-electron chi connectivity index (χ0n) is 17.1. The minimum Gasteiger partial charge on any atom is -0.714 e. The minimum absolute atomic E-state index is 0. The van der Waals surface area contributed by atoms with Gasteiger partial charge >= 0.3 is 51.4 Å². The first-order valence-electron chi connectivity index (χ1n) is 8.96. The Bertz CT molecular complexity index is 1050. The number of oxime groups is 1. The molecule has 0 amide bonds. The van der Waals surface area contributed by atoms with E-state index >= 15 is 0 Å². The number of fused-ring (bicyclic) bond motifs is 1. The van der Waals surface area contributed by atoms with Gasteiger partial charge in [-0.1, -0.05) is 35.1 Å². The number of nitrogens with zero attached hydrogens (tertiary/aromatic N) is 2. The summed E-state index contributed by atoms with van der Waals surface area (Å²) < 4.78 is 43.6. The summed E-state index contributed by atoms with van der Waals surface area (Å²) >= 11 is 0.677. The Balaban J connectivity index is 0.00000363. The molecule has 2 aromatic rings. The van der Waals surface area contributed by atoms with Gasteiger partial charge in [-0.15, -0.1) is 0 Å². The van der Waals surface area contributed by atoms with Crippen LogP contribution < -0.4 is 56.2 Å². The van der Waals surface area contributed by atoms with Crippen LogP contribution in [0.5, 0.6) is 0 Å². The van der Waals surface area contributed by atoms with Crippen LogP contribution in [0, 0.1) is 0 Å². The van der Waals surface area contributed by atoms with Gasteiger partial charge in [0.2, 0.25) is 0 Å². The fourth-order valence-corrected chi connectivity index (χ4v) is 4.47. The van der Waals surface area contributed by atoms with E-state index in [1.807, 2.05) is 0 Å². The van der Waals surface area contributed by atoms with E-state index in [-0.39, 0.29) is 62.8 Å². The van der Waals surface area contributed by atoms with Gasteiger partial charge in [-0.2, -0.15) is 13.1 Å². The summed E-state index contributed by atoms with van der Waals surface area (Å²) in [7, 11) is -3.70. The van der Waals surface area contributed by atoms with Crippen molar-refractivity contribution in [2.75, 3.05) is 13.7 Å². The minimum atomic E-state index is -5.16. The Morgan fingerprint density at radius 3 is 2.56 bits per heavy atom. The van der Waals surface area contributed by atoms with E-state index in [2.05, 4.69) is 9.44 Å². The van der Waals surface area contributed by atoms with Crippen LogP contribution in [-0.4, -0.2) is 86.7 Å². The zero-order valence-corrected chi connectivity index (χ0v) is 21.9. The summed E-state index contributed by atoms with van der Waals surface area (Å²) in [5.74, 6) is 0. The average Bonchev–Trinajstić information content (AvgIpc) is 3.09. The van der Waals surface area contributed by atoms with Crippen molar-refractivity contribution in [3.63, 3.8) is 0 Å². The largest absolute Gasteiger partial charge is 1.00 e. The quantitative estimate of drug-likeness (QED) is 0.0696. The summed E-state index contributed by atoms with van der Waals surface area (Å²) in [6, 6.07) is 7.17. The maximum absolute atomic E-state index is 10.9.